The van der Waals surface area contributed by atoms with Crippen LogP contribution in [0, 0.1) is 11.8 Å². The molecule has 3 saturated heterocycles. The maximum Gasteiger partial charge on any atom is 0.313 e. The molecule has 2 aromatic rings. The number of anilines is 2. The number of rotatable bonds is 20. The molecule has 0 aliphatic carbocycles. The van der Waals surface area contributed by atoms with E-state index in [0.717, 1.165) is 18.8 Å². The van der Waals surface area contributed by atoms with Crippen LogP contribution in [0.4, 0.5) is 11.4 Å². The molecule has 0 aromatic heterocycles. The first-order chi connectivity index (χ1) is 26.5. The first kappa shape index (κ1) is 42.1. The highest BCUT2D eigenvalue weighted by atomic mass is 79.9. The molecule has 55 heavy (non-hydrogen) atoms. The third-order valence-electron chi connectivity index (χ3n) is 11.2. The number of benzene rings is 2. The Bertz CT molecular complexity index is 1670. The molecule has 3 aliphatic heterocycles. The summed E-state index contributed by atoms with van der Waals surface area (Å²) in [5, 5.41) is 13.6. The Morgan fingerprint density at radius 1 is 1.07 bits per heavy atom. The Morgan fingerprint density at radius 2 is 1.75 bits per heavy atom. The Balaban J connectivity index is 1.54. The van der Waals surface area contributed by atoms with E-state index in [1.807, 2.05) is 49.4 Å². The van der Waals surface area contributed by atoms with Gasteiger partial charge in [-0.1, -0.05) is 65.3 Å². The Labute approximate surface area is 333 Å². The first-order valence-electron chi connectivity index (χ1n) is 19.2. The summed E-state index contributed by atoms with van der Waals surface area (Å²) in [6.45, 7) is 15.1. The van der Waals surface area contributed by atoms with Gasteiger partial charge in [-0.2, -0.15) is 0 Å². The number of nitrogens with zero attached hydrogens (tertiary/aromatic N) is 3. The zero-order chi connectivity index (χ0) is 39.9. The molecule has 2 bridgehead atoms. The van der Waals surface area contributed by atoms with Gasteiger partial charge in [0.15, 0.2) is 0 Å². The van der Waals surface area contributed by atoms with Crippen molar-refractivity contribution in [3.8, 4) is 0 Å². The maximum absolute atomic E-state index is 15.1. The minimum Gasteiger partial charge on any atom is -0.455 e. The fourth-order valence-electron chi connectivity index (χ4n) is 8.58. The number of fused-ring (bicyclic) bond motifs is 1. The number of halogens is 1. The lowest BCUT2D eigenvalue weighted by Gasteiger charge is -2.39. The summed E-state index contributed by atoms with van der Waals surface area (Å²) in [6.07, 6.45) is 2.84. The molecular formula is C42H55BrN4O8. The van der Waals surface area contributed by atoms with Crippen molar-refractivity contribution in [3.05, 3.63) is 85.5 Å². The molecule has 3 aliphatic rings. The molecule has 2 N–H and O–H groups in total. The van der Waals surface area contributed by atoms with E-state index in [4.69, 9.17) is 14.2 Å². The summed E-state index contributed by atoms with van der Waals surface area (Å²) >= 11 is 3.75. The fraction of sp³-hybridized carbons (Fsp3) is 0.524. The smallest absolute Gasteiger partial charge is 0.313 e. The maximum atomic E-state index is 15.1. The predicted octanol–water partition coefficient (Wildman–Crippen LogP) is 4.95. The van der Waals surface area contributed by atoms with Crippen LogP contribution in [0.1, 0.15) is 58.1 Å². The van der Waals surface area contributed by atoms with Gasteiger partial charge >= 0.3 is 5.97 Å². The van der Waals surface area contributed by atoms with E-state index in [1.54, 1.807) is 29.2 Å². The van der Waals surface area contributed by atoms with Crippen molar-refractivity contribution in [1.29, 1.82) is 0 Å². The van der Waals surface area contributed by atoms with Crippen LogP contribution in [0.15, 0.2) is 79.9 Å². The minimum absolute atomic E-state index is 0.0404. The normalized spacial score (nSPS) is 25.5. The van der Waals surface area contributed by atoms with Gasteiger partial charge in [-0.15, -0.1) is 13.2 Å². The molecule has 3 heterocycles. The van der Waals surface area contributed by atoms with Gasteiger partial charge in [0.1, 0.15) is 17.7 Å². The SMILES string of the molecule is C=CCCC(=O)N[C@H](COC)[C@H](OC(=O)[C@H]1[C@@H]2O[C@@]3(CC2Br)[C@@H]1C(=O)N([C@@H](CC)CO)[C@@H]3C(=O)N(CC=C)c1ccc(N(CC)CC)cc1)c1ccccc1. The number of nitrogens with one attached hydrogen (secondary N) is 1. The summed E-state index contributed by atoms with van der Waals surface area (Å²) in [5.41, 5.74) is 0.866. The third-order valence-corrected chi connectivity index (χ3v) is 12.0. The molecule has 3 amide bonds. The highest BCUT2D eigenvalue weighted by molar-refractivity contribution is 9.09. The number of aliphatic hydroxyl groups excluding tert-OH is 1. The summed E-state index contributed by atoms with van der Waals surface area (Å²) in [6, 6.07) is 14.1. The molecule has 2 aromatic carbocycles. The van der Waals surface area contributed by atoms with Crippen molar-refractivity contribution in [2.45, 2.75) is 87.2 Å². The molecule has 1 spiro atoms. The number of allylic oxidation sites excluding steroid dienone is 1. The molecule has 1 unspecified atom stereocenters. The van der Waals surface area contributed by atoms with Gasteiger partial charge in [0.2, 0.25) is 11.8 Å². The summed E-state index contributed by atoms with van der Waals surface area (Å²) in [7, 11) is 1.50. The van der Waals surface area contributed by atoms with Crippen LogP contribution in [-0.4, -0.2) is 108 Å². The van der Waals surface area contributed by atoms with E-state index in [0.29, 0.717) is 24.1 Å². The number of esters is 1. The van der Waals surface area contributed by atoms with E-state index < -0.39 is 65.6 Å². The second-order valence-electron chi connectivity index (χ2n) is 14.3. The zero-order valence-corrected chi connectivity index (χ0v) is 33.9. The molecule has 0 saturated carbocycles. The number of hydrogen-bond donors (Lipinski definition) is 2. The molecule has 298 valence electrons. The van der Waals surface area contributed by atoms with E-state index in [9.17, 15) is 19.5 Å². The molecule has 12 nitrogen and oxygen atoms in total. The van der Waals surface area contributed by atoms with Crippen LogP contribution >= 0.6 is 15.9 Å². The number of amides is 3. The fourth-order valence-corrected chi connectivity index (χ4v) is 9.52. The average molecular weight is 824 g/mol. The largest absolute Gasteiger partial charge is 0.455 e. The van der Waals surface area contributed by atoms with Gasteiger partial charge in [-0.25, -0.2) is 0 Å². The number of carbonyl (C=O) groups excluding carboxylic acids is 4. The van der Waals surface area contributed by atoms with E-state index in [2.05, 4.69) is 53.2 Å². The molecule has 5 rings (SSSR count). The van der Waals surface area contributed by atoms with Crippen molar-refractivity contribution >= 4 is 51.0 Å². The minimum atomic E-state index is -1.40. The standard InChI is InChI=1S/C42H55BrN4O8/c1-7-12-18-33(49)44-32(26-53-6)36(27-16-14-13-15-17-27)54-41(52)34-35-39(50)47(28(9-3)25-48)38(42(35)24-31(43)37(34)55-42)40(51)46(23-8-2)30-21-19-29(20-22-30)45(10-4)11-5/h7-8,13-17,19-22,28,31-32,34-38,48H,1-2,9-12,18,23-26H2,3-6H3,(H,44,49)/t28-,31?,32+,34+,35-,36+,37+,38+,42-/m0/s1. The van der Waals surface area contributed by atoms with Gasteiger partial charge in [-0.3, -0.25) is 19.2 Å². The van der Waals surface area contributed by atoms with Crippen LogP contribution in [0.3, 0.4) is 0 Å². The molecule has 13 heteroatoms. The van der Waals surface area contributed by atoms with Gasteiger partial charge in [0.25, 0.3) is 5.91 Å². The second kappa shape index (κ2) is 18.7. The van der Waals surface area contributed by atoms with Crippen LogP contribution in [0.5, 0.6) is 0 Å². The second-order valence-corrected chi connectivity index (χ2v) is 15.5. The van der Waals surface area contributed by atoms with Crippen molar-refractivity contribution < 1.29 is 38.5 Å². The van der Waals surface area contributed by atoms with Crippen LogP contribution < -0.4 is 15.1 Å². The molecule has 3 fully saturated rings. The van der Waals surface area contributed by atoms with Gasteiger partial charge < -0.3 is 39.3 Å². The highest BCUT2D eigenvalue weighted by Gasteiger charge is 2.77. The van der Waals surface area contributed by atoms with E-state index in [-0.39, 0.29) is 43.3 Å². The average Bonchev–Trinajstić information content (AvgIpc) is 3.79. The van der Waals surface area contributed by atoms with Crippen LogP contribution in [0.25, 0.3) is 0 Å². The topological polar surface area (TPSA) is 138 Å². The quantitative estimate of drug-likeness (QED) is 0.108. The zero-order valence-electron chi connectivity index (χ0n) is 32.3. The lowest BCUT2D eigenvalue weighted by molar-refractivity contribution is -0.163. The molecule has 9 atom stereocenters. The number of carbonyl (C=O) groups is 4. The third kappa shape index (κ3) is 8.26. The summed E-state index contributed by atoms with van der Waals surface area (Å²) in [5.74, 6) is -3.94. The Hall–Kier alpha value is -4.04. The molecule has 0 radical (unpaired) electrons. The van der Waals surface area contributed by atoms with Gasteiger partial charge in [-0.05, 0) is 62.9 Å². The number of methoxy groups -OCH3 is 1. The van der Waals surface area contributed by atoms with Crippen molar-refractivity contribution in [2.24, 2.45) is 11.8 Å². The molecular weight excluding hydrogens is 768 g/mol. The van der Waals surface area contributed by atoms with Gasteiger partial charge in [0, 0.05) is 49.4 Å². The predicted molar refractivity (Wildman–Crippen MR) is 215 cm³/mol. The Morgan fingerprint density at radius 3 is 2.33 bits per heavy atom. The summed E-state index contributed by atoms with van der Waals surface area (Å²) < 4.78 is 18.6. The monoisotopic (exact) mass is 822 g/mol. The van der Waals surface area contributed by atoms with E-state index >= 15 is 4.79 Å². The number of likely N-dealkylation sites (tertiary alicyclic amines) is 1. The van der Waals surface area contributed by atoms with Crippen LogP contribution in [0.2, 0.25) is 0 Å². The first-order valence-corrected chi connectivity index (χ1v) is 20.1. The van der Waals surface area contributed by atoms with Crippen molar-refractivity contribution in [1.82, 2.24) is 10.2 Å². The van der Waals surface area contributed by atoms with Crippen LogP contribution in [-0.2, 0) is 33.4 Å². The lowest BCUT2D eigenvalue weighted by atomic mass is 9.70. The highest BCUT2D eigenvalue weighted by Crippen LogP contribution is 2.61. The van der Waals surface area contributed by atoms with Gasteiger partial charge in [0.05, 0.1) is 43.2 Å². The lowest BCUT2D eigenvalue weighted by Crippen LogP contribution is -2.59. The van der Waals surface area contributed by atoms with Crippen molar-refractivity contribution in [2.75, 3.05) is 49.8 Å². The number of alkyl halides is 1. The summed E-state index contributed by atoms with van der Waals surface area (Å²) in [4.78, 5) is 62.4. The number of ether oxygens (including phenoxy) is 3. The Kier molecular flexibility index (Phi) is 14.3. The van der Waals surface area contributed by atoms with E-state index in [1.165, 1.54) is 12.0 Å². The van der Waals surface area contributed by atoms with Crippen molar-refractivity contribution in [3.63, 3.8) is 0 Å². The number of aliphatic hydroxyl groups is 1. The number of hydrogen-bond acceptors (Lipinski definition) is 9.